The number of hydrogen-bond acceptors (Lipinski definition) is 5. The van der Waals surface area contributed by atoms with Gasteiger partial charge in [0.25, 0.3) is 0 Å². The number of nitrogens with zero attached hydrogens (tertiary/aromatic N) is 2. The van der Waals surface area contributed by atoms with Crippen LogP contribution in [0, 0.1) is 6.92 Å². The van der Waals surface area contributed by atoms with Gasteiger partial charge < -0.3 is 18.9 Å². The number of ether oxygens (including phenoxy) is 2. The molecule has 106 valence electrons. The first-order valence-electron chi connectivity index (χ1n) is 6.73. The molecule has 5 nitrogen and oxygen atoms in total. The lowest BCUT2D eigenvalue weighted by atomic mass is 10.1. The molecule has 5 heteroatoms. The fraction of sp³-hybridized carbons (Fsp3) is 0.400. The number of morpholine rings is 1. The number of benzene rings is 1. The van der Waals surface area contributed by atoms with Crippen molar-refractivity contribution in [3.63, 3.8) is 0 Å². The van der Waals surface area contributed by atoms with E-state index in [1.165, 1.54) is 0 Å². The van der Waals surface area contributed by atoms with E-state index in [-0.39, 0.29) is 0 Å². The summed E-state index contributed by atoms with van der Waals surface area (Å²) in [7, 11) is 1.66. The molecule has 0 N–H and O–H groups in total. The summed E-state index contributed by atoms with van der Waals surface area (Å²) >= 11 is 0. The van der Waals surface area contributed by atoms with E-state index < -0.39 is 0 Å². The van der Waals surface area contributed by atoms with Crippen LogP contribution in [0.3, 0.4) is 0 Å². The first-order chi connectivity index (χ1) is 9.79. The largest absolute Gasteiger partial charge is 0.497 e. The van der Waals surface area contributed by atoms with E-state index in [2.05, 4.69) is 10.1 Å². The van der Waals surface area contributed by atoms with Crippen LogP contribution in [-0.2, 0) is 4.74 Å². The topological polar surface area (TPSA) is 47.7 Å². The van der Waals surface area contributed by atoms with Gasteiger partial charge in [-0.15, -0.1) is 0 Å². The lowest BCUT2D eigenvalue weighted by Gasteiger charge is -2.26. The maximum Gasteiger partial charge on any atom is 0.230 e. The maximum absolute atomic E-state index is 5.54. The molecule has 1 aromatic carbocycles. The van der Waals surface area contributed by atoms with E-state index >= 15 is 0 Å². The van der Waals surface area contributed by atoms with E-state index in [1.807, 2.05) is 31.2 Å². The molecule has 1 saturated heterocycles. The van der Waals surface area contributed by atoms with Crippen molar-refractivity contribution in [2.24, 2.45) is 0 Å². The molecule has 0 radical (unpaired) electrons. The van der Waals surface area contributed by atoms with Gasteiger partial charge in [0.2, 0.25) is 5.88 Å². The quantitative estimate of drug-likeness (QED) is 0.860. The Labute approximate surface area is 118 Å². The number of hydrogen-bond donors (Lipinski definition) is 0. The Morgan fingerprint density at radius 1 is 1.15 bits per heavy atom. The third kappa shape index (κ3) is 2.36. The van der Waals surface area contributed by atoms with Crippen molar-refractivity contribution in [3.05, 3.63) is 29.8 Å². The Kier molecular flexibility index (Phi) is 3.60. The fourth-order valence-electron chi connectivity index (χ4n) is 2.41. The summed E-state index contributed by atoms with van der Waals surface area (Å²) in [6.07, 6.45) is 0. The van der Waals surface area contributed by atoms with Gasteiger partial charge in [0.05, 0.1) is 20.3 Å². The minimum Gasteiger partial charge on any atom is -0.497 e. The van der Waals surface area contributed by atoms with Crippen LogP contribution in [0.25, 0.3) is 11.3 Å². The molecule has 1 aromatic heterocycles. The zero-order valence-corrected chi connectivity index (χ0v) is 11.8. The van der Waals surface area contributed by atoms with Crippen LogP contribution in [0.5, 0.6) is 5.75 Å². The van der Waals surface area contributed by atoms with Gasteiger partial charge >= 0.3 is 0 Å². The predicted molar refractivity (Wildman–Crippen MR) is 76.3 cm³/mol. The van der Waals surface area contributed by atoms with Crippen LogP contribution in [-0.4, -0.2) is 38.6 Å². The van der Waals surface area contributed by atoms with E-state index in [0.29, 0.717) is 0 Å². The van der Waals surface area contributed by atoms with Crippen molar-refractivity contribution in [1.82, 2.24) is 5.16 Å². The van der Waals surface area contributed by atoms with E-state index in [9.17, 15) is 0 Å². The fourth-order valence-corrected chi connectivity index (χ4v) is 2.41. The number of rotatable bonds is 3. The molecule has 0 bridgehead atoms. The van der Waals surface area contributed by atoms with E-state index in [4.69, 9.17) is 14.0 Å². The summed E-state index contributed by atoms with van der Waals surface area (Å²) in [4.78, 5) is 2.18. The molecule has 20 heavy (non-hydrogen) atoms. The number of methoxy groups -OCH3 is 1. The van der Waals surface area contributed by atoms with Crippen LogP contribution in [0.2, 0.25) is 0 Å². The van der Waals surface area contributed by atoms with Crippen LogP contribution >= 0.6 is 0 Å². The van der Waals surface area contributed by atoms with Crippen LogP contribution in [0.4, 0.5) is 5.88 Å². The SMILES string of the molecule is COc1ccc(-c2noc(N3CCOCC3)c2C)cc1. The lowest BCUT2D eigenvalue weighted by Crippen LogP contribution is -2.36. The summed E-state index contributed by atoms with van der Waals surface area (Å²) in [5, 5.41) is 4.22. The third-order valence-corrected chi connectivity index (χ3v) is 3.56. The molecule has 1 aliphatic rings. The van der Waals surface area contributed by atoms with Gasteiger partial charge in [-0.3, -0.25) is 0 Å². The molecule has 0 aliphatic carbocycles. The molecule has 3 rings (SSSR count). The third-order valence-electron chi connectivity index (χ3n) is 3.56. The molecule has 0 amide bonds. The zero-order valence-electron chi connectivity index (χ0n) is 11.8. The van der Waals surface area contributed by atoms with E-state index in [0.717, 1.165) is 54.8 Å². The van der Waals surface area contributed by atoms with Gasteiger partial charge in [-0.05, 0) is 31.2 Å². The molecule has 2 aromatic rings. The van der Waals surface area contributed by atoms with Crippen molar-refractivity contribution in [2.45, 2.75) is 6.92 Å². The summed E-state index contributed by atoms with van der Waals surface area (Å²) in [5.41, 5.74) is 2.98. The van der Waals surface area contributed by atoms with Gasteiger partial charge in [-0.1, -0.05) is 5.16 Å². The summed E-state index contributed by atoms with van der Waals surface area (Å²) in [6, 6.07) is 7.84. The highest BCUT2D eigenvalue weighted by Gasteiger charge is 2.21. The smallest absolute Gasteiger partial charge is 0.230 e. The Hall–Kier alpha value is -2.01. The van der Waals surface area contributed by atoms with Crippen molar-refractivity contribution in [2.75, 3.05) is 38.3 Å². The second kappa shape index (κ2) is 5.54. The summed E-state index contributed by atoms with van der Waals surface area (Å²) in [6.45, 7) is 5.20. The average molecular weight is 274 g/mol. The molecule has 0 unspecified atom stereocenters. The summed E-state index contributed by atoms with van der Waals surface area (Å²) in [5.74, 6) is 1.68. The van der Waals surface area contributed by atoms with E-state index in [1.54, 1.807) is 7.11 Å². The molecular formula is C15H18N2O3. The first-order valence-corrected chi connectivity index (χ1v) is 6.73. The van der Waals surface area contributed by atoms with Crippen LogP contribution < -0.4 is 9.64 Å². The maximum atomic E-state index is 5.54. The van der Waals surface area contributed by atoms with Gasteiger partial charge in [-0.25, -0.2) is 0 Å². The molecule has 0 atom stereocenters. The Bertz CT molecular complexity index is 571. The molecular weight excluding hydrogens is 256 g/mol. The highest BCUT2D eigenvalue weighted by molar-refractivity contribution is 5.68. The minimum atomic E-state index is 0.734. The molecule has 2 heterocycles. The highest BCUT2D eigenvalue weighted by Crippen LogP contribution is 2.31. The van der Waals surface area contributed by atoms with Crippen molar-refractivity contribution >= 4 is 5.88 Å². The lowest BCUT2D eigenvalue weighted by molar-refractivity contribution is 0.120. The summed E-state index contributed by atoms with van der Waals surface area (Å²) < 4.78 is 16.1. The predicted octanol–water partition coefficient (Wildman–Crippen LogP) is 2.50. The average Bonchev–Trinajstić information content (AvgIpc) is 2.90. The Morgan fingerprint density at radius 3 is 2.50 bits per heavy atom. The van der Waals surface area contributed by atoms with Crippen LogP contribution in [0.15, 0.2) is 28.8 Å². The number of aromatic nitrogens is 1. The monoisotopic (exact) mass is 274 g/mol. The van der Waals surface area contributed by atoms with Crippen LogP contribution in [0.1, 0.15) is 5.56 Å². The van der Waals surface area contributed by atoms with Gasteiger partial charge in [0.1, 0.15) is 11.4 Å². The van der Waals surface area contributed by atoms with Gasteiger partial charge in [0.15, 0.2) is 0 Å². The van der Waals surface area contributed by atoms with Gasteiger partial charge in [-0.2, -0.15) is 0 Å². The Morgan fingerprint density at radius 2 is 1.85 bits per heavy atom. The van der Waals surface area contributed by atoms with Crippen molar-refractivity contribution in [1.29, 1.82) is 0 Å². The second-order valence-electron chi connectivity index (χ2n) is 4.79. The molecule has 1 fully saturated rings. The van der Waals surface area contributed by atoms with Gasteiger partial charge in [0, 0.05) is 24.2 Å². The van der Waals surface area contributed by atoms with Crippen molar-refractivity contribution < 1.29 is 14.0 Å². The highest BCUT2D eigenvalue weighted by atomic mass is 16.5. The molecule has 1 aliphatic heterocycles. The normalized spacial score (nSPS) is 15.4. The first kappa shape index (κ1) is 13.0. The zero-order chi connectivity index (χ0) is 13.9. The van der Waals surface area contributed by atoms with Crippen molar-refractivity contribution in [3.8, 4) is 17.0 Å². The number of anilines is 1. The molecule has 0 spiro atoms. The Balaban J connectivity index is 1.88. The second-order valence-corrected chi connectivity index (χ2v) is 4.79. The molecule has 0 saturated carbocycles. The minimum absolute atomic E-state index is 0.734. The standard InChI is InChI=1S/C15H18N2O3/c1-11-14(12-3-5-13(18-2)6-4-12)16-20-15(11)17-7-9-19-10-8-17/h3-6H,7-10H2,1-2H3.